The maximum absolute atomic E-state index is 10.9. The third-order valence-corrected chi connectivity index (χ3v) is 2.98. The maximum Gasteiger partial charge on any atom is 0.304 e. The summed E-state index contributed by atoms with van der Waals surface area (Å²) in [6.07, 6.45) is 0.945. The van der Waals surface area contributed by atoms with Crippen molar-refractivity contribution in [2.75, 3.05) is 13.2 Å². The van der Waals surface area contributed by atoms with E-state index in [0.29, 0.717) is 13.2 Å². The molecule has 0 radical (unpaired) electrons. The molecule has 3 heteroatoms. The molecule has 0 amide bonds. The second kappa shape index (κ2) is 4.03. The number of hydrogen-bond acceptors (Lipinski definition) is 2. The molecule has 0 saturated carbocycles. The molecule has 2 rings (SSSR count). The number of rotatable bonds is 3. The van der Waals surface area contributed by atoms with E-state index in [1.807, 2.05) is 30.3 Å². The van der Waals surface area contributed by atoms with Gasteiger partial charge in [0, 0.05) is 12.0 Å². The average Bonchev–Trinajstić information content (AvgIpc) is 2.68. The van der Waals surface area contributed by atoms with Crippen LogP contribution in [0.4, 0.5) is 0 Å². The molecule has 1 saturated heterocycles. The highest BCUT2D eigenvalue weighted by atomic mass is 16.5. The third kappa shape index (κ3) is 2.02. The van der Waals surface area contributed by atoms with E-state index < -0.39 is 5.97 Å². The fourth-order valence-electron chi connectivity index (χ4n) is 2.16. The molecule has 0 spiro atoms. The van der Waals surface area contributed by atoms with Crippen molar-refractivity contribution in [2.24, 2.45) is 0 Å². The van der Waals surface area contributed by atoms with E-state index in [2.05, 4.69) is 0 Å². The lowest BCUT2D eigenvalue weighted by molar-refractivity contribution is -0.138. The molecule has 0 aliphatic carbocycles. The average molecular weight is 206 g/mol. The van der Waals surface area contributed by atoms with Crippen molar-refractivity contribution in [3.05, 3.63) is 35.9 Å². The lowest BCUT2D eigenvalue weighted by Crippen LogP contribution is -2.29. The molecular formula is C12H14O3. The Morgan fingerprint density at radius 3 is 2.67 bits per heavy atom. The van der Waals surface area contributed by atoms with Crippen molar-refractivity contribution < 1.29 is 14.6 Å². The molecular weight excluding hydrogens is 192 g/mol. The van der Waals surface area contributed by atoms with E-state index in [-0.39, 0.29) is 11.8 Å². The fourth-order valence-corrected chi connectivity index (χ4v) is 2.16. The largest absolute Gasteiger partial charge is 0.481 e. The Balaban J connectivity index is 2.30. The van der Waals surface area contributed by atoms with Gasteiger partial charge in [0.1, 0.15) is 0 Å². The molecule has 1 N–H and O–H groups in total. The Kier molecular flexibility index (Phi) is 2.73. The Morgan fingerprint density at radius 1 is 1.40 bits per heavy atom. The summed E-state index contributed by atoms with van der Waals surface area (Å²) in [5.41, 5.74) is 0.762. The zero-order chi connectivity index (χ0) is 10.7. The van der Waals surface area contributed by atoms with Crippen LogP contribution in [0.2, 0.25) is 0 Å². The van der Waals surface area contributed by atoms with Crippen molar-refractivity contribution in [1.29, 1.82) is 0 Å². The molecule has 1 heterocycles. The topological polar surface area (TPSA) is 46.5 Å². The van der Waals surface area contributed by atoms with E-state index >= 15 is 0 Å². The summed E-state index contributed by atoms with van der Waals surface area (Å²) in [6, 6.07) is 9.79. The highest BCUT2D eigenvalue weighted by Crippen LogP contribution is 2.36. The van der Waals surface area contributed by atoms with Crippen molar-refractivity contribution in [3.8, 4) is 0 Å². The summed E-state index contributed by atoms with van der Waals surface area (Å²) < 4.78 is 5.35. The van der Waals surface area contributed by atoms with Crippen LogP contribution in [0.25, 0.3) is 0 Å². The van der Waals surface area contributed by atoms with Crippen molar-refractivity contribution in [1.82, 2.24) is 0 Å². The van der Waals surface area contributed by atoms with Gasteiger partial charge in [-0.15, -0.1) is 0 Å². The van der Waals surface area contributed by atoms with E-state index in [1.165, 1.54) is 0 Å². The minimum atomic E-state index is -0.760. The van der Waals surface area contributed by atoms with Crippen molar-refractivity contribution in [3.63, 3.8) is 0 Å². The number of hydrogen-bond donors (Lipinski definition) is 1. The van der Waals surface area contributed by atoms with E-state index in [9.17, 15) is 4.79 Å². The molecule has 15 heavy (non-hydrogen) atoms. The number of carboxylic acid groups (broad SMARTS) is 1. The molecule has 1 unspecified atom stereocenters. The maximum atomic E-state index is 10.9. The van der Waals surface area contributed by atoms with E-state index in [0.717, 1.165) is 12.0 Å². The number of carbonyl (C=O) groups is 1. The lowest BCUT2D eigenvalue weighted by Gasteiger charge is -2.25. The van der Waals surface area contributed by atoms with Gasteiger partial charge in [0.05, 0.1) is 13.0 Å². The number of benzene rings is 1. The number of carboxylic acids is 1. The van der Waals surface area contributed by atoms with Gasteiger partial charge in [0.15, 0.2) is 0 Å². The van der Waals surface area contributed by atoms with Crippen LogP contribution >= 0.6 is 0 Å². The smallest absolute Gasteiger partial charge is 0.304 e. The Bertz CT molecular complexity index is 339. The van der Waals surface area contributed by atoms with Gasteiger partial charge in [-0.3, -0.25) is 4.79 Å². The van der Waals surface area contributed by atoms with Crippen LogP contribution < -0.4 is 0 Å². The lowest BCUT2D eigenvalue weighted by atomic mass is 9.77. The molecule has 1 fully saturated rings. The first-order valence-corrected chi connectivity index (χ1v) is 5.08. The minimum absolute atomic E-state index is 0.150. The molecule has 1 aromatic carbocycles. The van der Waals surface area contributed by atoms with Gasteiger partial charge < -0.3 is 9.84 Å². The highest BCUT2D eigenvalue weighted by Gasteiger charge is 2.38. The molecule has 3 nitrogen and oxygen atoms in total. The summed E-state index contributed by atoms with van der Waals surface area (Å²) in [7, 11) is 0. The Morgan fingerprint density at radius 2 is 2.13 bits per heavy atom. The minimum Gasteiger partial charge on any atom is -0.481 e. The van der Waals surface area contributed by atoms with Crippen LogP contribution in [-0.4, -0.2) is 24.3 Å². The van der Waals surface area contributed by atoms with Crippen LogP contribution in [0.5, 0.6) is 0 Å². The van der Waals surface area contributed by atoms with Gasteiger partial charge in [-0.2, -0.15) is 0 Å². The van der Waals surface area contributed by atoms with Crippen LogP contribution in [0.15, 0.2) is 30.3 Å². The van der Waals surface area contributed by atoms with Gasteiger partial charge in [-0.25, -0.2) is 0 Å². The quantitative estimate of drug-likeness (QED) is 0.820. The molecule has 1 atom stereocenters. The van der Waals surface area contributed by atoms with Crippen LogP contribution in [0.1, 0.15) is 18.4 Å². The monoisotopic (exact) mass is 206 g/mol. The van der Waals surface area contributed by atoms with Gasteiger partial charge in [-0.05, 0) is 12.0 Å². The molecule has 1 aliphatic heterocycles. The third-order valence-electron chi connectivity index (χ3n) is 2.98. The SMILES string of the molecule is O=C(O)CC1(c2ccccc2)CCOC1. The van der Waals surface area contributed by atoms with Gasteiger partial charge in [0.2, 0.25) is 0 Å². The van der Waals surface area contributed by atoms with E-state index in [1.54, 1.807) is 0 Å². The molecule has 0 bridgehead atoms. The van der Waals surface area contributed by atoms with Crippen LogP contribution in [0.3, 0.4) is 0 Å². The van der Waals surface area contributed by atoms with Crippen molar-refractivity contribution in [2.45, 2.75) is 18.3 Å². The molecule has 0 aromatic heterocycles. The zero-order valence-electron chi connectivity index (χ0n) is 8.48. The molecule has 1 aliphatic rings. The summed E-state index contributed by atoms with van der Waals surface area (Å²) in [5, 5.41) is 8.94. The summed E-state index contributed by atoms with van der Waals surface area (Å²) in [4.78, 5) is 10.9. The van der Waals surface area contributed by atoms with Crippen LogP contribution in [-0.2, 0) is 14.9 Å². The second-order valence-corrected chi connectivity index (χ2v) is 4.02. The number of aliphatic carboxylic acids is 1. The standard InChI is InChI=1S/C12H14O3/c13-11(14)8-12(6-7-15-9-12)10-4-2-1-3-5-10/h1-5H,6-9H2,(H,13,14). The summed E-state index contributed by atoms with van der Waals surface area (Å²) in [5.74, 6) is -0.760. The second-order valence-electron chi connectivity index (χ2n) is 4.02. The molecule has 1 aromatic rings. The fraction of sp³-hybridized carbons (Fsp3) is 0.417. The van der Waals surface area contributed by atoms with Gasteiger partial charge in [0.25, 0.3) is 0 Å². The first-order valence-electron chi connectivity index (χ1n) is 5.08. The van der Waals surface area contributed by atoms with Gasteiger partial charge in [-0.1, -0.05) is 30.3 Å². The van der Waals surface area contributed by atoms with Gasteiger partial charge >= 0.3 is 5.97 Å². The predicted octanol–water partition coefficient (Wildman–Crippen LogP) is 1.82. The highest BCUT2D eigenvalue weighted by molar-refractivity contribution is 5.69. The molecule has 80 valence electrons. The first kappa shape index (κ1) is 10.2. The van der Waals surface area contributed by atoms with Crippen molar-refractivity contribution >= 4 is 5.97 Å². The zero-order valence-corrected chi connectivity index (χ0v) is 8.48. The van der Waals surface area contributed by atoms with E-state index in [4.69, 9.17) is 9.84 Å². The first-order chi connectivity index (χ1) is 7.23. The predicted molar refractivity (Wildman–Crippen MR) is 55.8 cm³/mol. The summed E-state index contributed by atoms with van der Waals surface area (Å²) in [6.45, 7) is 1.17. The Hall–Kier alpha value is -1.35. The normalized spacial score (nSPS) is 25.3. The van der Waals surface area contributed by atoms with Crippen LogP contribution in [0, 0.1) is 0 Å². The number of ether oxygens (including phenoxy) is 1. The Labute approximate surface area is 88.7 Å². The summed E-state index contributed by atoms with van der Waals surface area (Å²) >= 11 is 0.